The van der Waals surface area contributed by atoms with Crippen LogP contribution in [0.3, 0.4) is 0 Å². The van der Waals surface area contributed by atoms with Crippen LogP contribution in [0.15, 0.2) is 64.5 Å². The third-order valence-electron chi connectivity index (χ3n) is 5.81. The number of benzene rings is 2. The van der Waals surface area contributed by atoms with E-state index in [1.54, 1.807) is 18.2 Å². The van der Waals surface area contributed by atoms with Gasteiger partial charge in [-0.15, -0.1) is 0 Å². The summed E-state index contributed by atoms with van der Waals surface area (Å²) in [4.78, 5) is 40.6. The molecule has 2 aromatic carbocycles. The lowest BCUT2D eigenvalue weighted by molar-refractivity contribution is -0.116. The second-order valence-corrected chi connectivity index (χ2v) is 10.5. The first kappa shape index (κ1) is 26.1. The smallest absolute Gasteiger partial charge is 0.328 e. The zero-order valence-electron chi connectivity index (χ0n) is 19.8. The second-order valence-electron chi connectivity index (χ2n) is 8.81. The summed E-state index contributed by atoms with van der Waals surface area (Å²) in [6.07, 6.45) is 5.48. The van der Waals surface area contributed by atoms with Crippen molar-refractivity contribution in [1.29, 1.82) is 0 Å². The number of carbonyl (C=O) groups is 2. The fourth-order valence-electron chi connectivity index (χ4n) is 3.89. The van der Waals surface area contributed by atoms with Gasteiger partial charge < -0.3 is 10.3 Å². The quantitative estimate of drug-likeness (QED) is 0.493. The van der Waals surface area contributed by atoms with Gasteiger partial charge in [-0.2, -0.15) is 0 Å². The summed E-state index contributed by atoms with van der Waals surface area (Å²) >= 11 is 0. The standard InChI is InChI=1S/C17H24N2O4S.C8H6N2O/c1-12-3-7-15(8-4-12)18-17(21)19-24(22,23)16-9-5-14(6-10-16)11-13(2)20;11-8-6-3-1-2-4-7(6)9-5-10-8/h5-6,9-10,12,15H,3-4,7-8,11H2,1-2H3,(H2,18,19,21);1-5H,(H,9,10,11). The van der Waals surface area contributed by atoms with Crippen molar-refractivity contribution in [2.75, 3.05) is 0 Å². The molecule has 0 spiro atoms. The first-order valence-corrected chi connectivity index (χ1v) is 13.0. The highest BCUT2D eigenvalue weighted by molar-refractivity contribution is 7.90. The average molecular weight is 499 g/mol. The van der Waals surface area contributed by atoms with E-state index in [0.717, 1.165) is 36.8 Å². The number of hydrogen-bond donors (Lipinski definition) is 3. The summed E-state index contributed by atoms with van der Waals surface area (Å²) in [5, 5.41) is 3.36. The highest BCUT2D eigenvalue weighted by atomic mass is 32.2. The Morgan fingerprint density at radius 2 is 1.69 bits per heavy atom. The van der Waals surface area contributed by atoms with Crippen molar-refractivity contribution in [3.8, 4) is 0 Å². The monoisotopic (exact) mass is 498 g/mol. The molecule has 2 amide bonds. The van der Waals surface area contributed by atoms with E-state index in [1.807, 2.05) is 22.9 Å². The lowest BCUT2D eigenvalue weighted by Crippen LogP contribution is -2.45. The number of urea groups is 1. The van der Waals surface area contributed by atoms with Gasteiger partial charge in [0.25, 0.3) is 15.6 Å². The largest absolute Gasteiger partial charge is 0.335 e. The molecule has 3 aromatic rings. The molecule has 3 N–H and O–H groups in total. The lowest BCUT2D eigenvalue weighted by atomic mass is 9.87. The van der Waals surface area contributed by atoms with E-state index in [4.69, 9.17) is 0 Å². The zero-order valence-corrected chi connectivity index (χ0v) is 20.6. The highest BCUT2D eigenvalue weighted by Gasteiger charge is 2.23. The van der Waals surface area contributed by atoms with Gasteiger partial charge in [0.1, 0.15) is 5.78 Å². The van der Waals surface area contributed by atoms with Gasteiger partial charge in [0, 0.05) is 12.5 Å². The Morgan fingerprint density at radius 1 is 1.03 bits per heavy atom. The van der Waals surface area contributed by atoms with Crippen molar-refractivity contribution < 1.29 is 18.0 Å². The number of fused-ring (bicyclic) bond motifs is 1. The normalized spacial score (nSPS) is 17.7. The van der Waals surface area contributed by atoms with Crippen LogP contribution in [-0.4, -0.2) is 36.2 Å². The van der Waals surface area contributed by atoms with E-state index in [0.29, 0.717) is 11.3 Å². The van der Waals surface area contributed by atoms with Crippen LogP contribution in [0.1, 0.15) is 45.1 Å². The molecule has 1 fully saturated rings. The summed E-state index contributed by atoms with van der Waals surface area (Å²) < 4.78 is 26.5. The van der Waals surface area contributed by atoms with E-state index in [2.05, 4.69) is 22.2 Å². The number of nitrogens with one attached hydrogen (secondary N) is 3. The molecular weight excluding hydrogens is 468 g/mol. The third kappa shape index (κ3) is 7.74. The van der Waals surface area contributed by atoms with E-state index < -0.39 is 16.1 Å². The molecule has 0 radical (unpaired) electrons. The summed E-state index contributed by atoms with van der Waals surface area (Å²) in [5.74, 6) is 0.660. The summed E-state index contributed by atoms with van der Waals surface area (Å²) in [6.45, 7) is 3.65. The number of amides is 2. The fourth-order valence-corrected chi connectivity index (χ4v) is 4.81. The summed E-state index contributed by atoms with van der Waals surface area (Å²) in [6, 6.07) is 12.5. The van der Waals surface area contributed by atoms with Crippen molar-refractivity contribution in [3.63, 3.8) is 0 Å². The fraction of sp³-hybridized carbons (Fsp3) is 0.360. The molecule has 0 aliphatic heterocycles. The Bertz CT molecular complexity index is 1320. The number of ketones is 1. The molecule has 9 nitrogen and oxygen atoms in total. The van der Waals surface area contributed by atoms with Gasteiger partial charge >= 0.3 is 6.03 Å². The molecule has 4 rings (SSSR count). The predicted octanol–water partition coefficient (Wildman–Crippen LogP) is 3.31. The number of aromatic amines is 1. The SMILES string of the molecule is CC(=O)Cc1ccc(S(=O)(=O)NC(=O)NC2CCC(C)CC2)cc1.O=c1[nH]cnc2ccccc12. The maximum atomic E-state index is 12.2. The number of Topliss-reactive ketones (excluding diaryl/α,β-unsaturated/α-hetero) is 1. The topological polar surface area (TPSA) is 138 Å². The van der Waals surface area contributed by atoms with Crippen LogP contribution < -0.4 is 15.6 Å². The third-order valence-corrected chi connectivity index (χ3v) is 7.16. The minimum absolute atomic E-state index is 0.00205. The van der Waals surface area contributed by atoms with Crippen molar-refractivity contribution >= 4 is 32.7 Å². The van der Waals surface area contributed by atoms with Gasteiger partial charge in [0.05, 0.1) is 22.1 Å². The van der Waals surface area contributed by atoms with Crippen LogP contribution in [0.25, 0.3) is 10.9 Å². The van der Waals surface area contributed by atoms with Crippen molar-refractivity contribution in [1.82, 2.24) is 20.0 Å². The van der Waals surface area contributed by atoms with Crippen LogP contribution in [-0.2, 0) is 21.2 Å². The minimum Gasteiger partial charge on any atom is -0.335 e. The number of nitrogens with zero attached hydrogens (tertiary/aromatic N) is 1. The minimum atomic E-state index is -3.91. The molecule has 0 bridgehead atoms. The van der Waals surface area contributed by atoms with Gasteiger partial charge in [0.15, 0.2) is 0 Å². The number of para-hydroxylation sites is 1. The maximum absolute atomic E-state index is 12.2. The number of hydrogen-bond acceptors (Lipinski definition) is 6. The molecule has 1 saturated carbocycles. The van der Waals surface area contributed by atoms with Crippen LogP contribution in [0.5, 0.6) is 0 Å². The molecule has 1 aromatic heterocycles. The van der Waals surface area contributed by atoms with Crippen molar-refractivity contribution in [2.24, 2.45) is 5.92 Å². The van der Waals surface area contributed by atoms with E-state index in [1.165, 1.54) is 25.4 Å². The summed E-state index contributed by atoms with van der Waals surface area (Å²) in [7, 11) is -3.91. The number of aromatic nitrogens is 2. The van der Waals surface area contributed by atoms with Gasteiger partial charge in [-0.05, 0) is 68.4 Å². The zero-order chi connectivity index (χ0) is 25.4. The molecule has 0 saturated heterocycles. The molecular formula is C25H30N4O5S. The Kier molecular flexibility index (Phi) is 8.75. The second kappa shape index (κ2) is 11.7. The molecule has 35 heavy (non-hydrogen) atoms. The first-order valence-electron chi connectivity index (χ1n) is 11.5. The predicted molar refractivity (Wildman–Crippen MR) is 133 cm³/mol. The summed E-state index contributed by atoms with van der Waals surface area (Å²) in [5.41, 5.74) is 1.38. The Morgan fingerprint density at radius 3 is 2.31 bits per heavy atom. The number of carbonyl (C=O) groups excluding carboxylic acids is 2. The number of H-pyrrole nitrogens is 1. The Balaban J connectivity index is 0.000000256. The van der Waals surface area contributed by atoms with E-state index in [-0.39, 0.29) is 28.7 Å². The van der Waals surface area contributed by atoms with Gasteiger partial charge in [-0.25, -0.2) is 22.9 Å². The highest BCUT2D eigenvalue weighted by Crippen LogP contribution is 2.23. The molecule has 0 atom stereocenters. The first-order chi connectivity index (χ1) is 16.6. The van der Waals surface area contributed by atoms with Gasteiger partial charge in [-0.1, -0.05) is 31.2 Å². The van der Waals surface area contributed by atoms with Crippen LogP contribution in [0.2, 0.25) is 0 Å². The molecule has 10 heteroatoms. The van der Waals surface area contributed by atoms with E-state index >= 15 is 0 Å². The molecule has 0 unspecified atom stereocenters. The van der Waals surface area contributed by atoms with E-state index in [9.17, 15) is 22.8 Å². The molecule has 1 aliphatic rings. The molecule has 186 valence electrons. The van der Waals surface area contributed by atoms with Gasteiger partial charge in [-0.3, -0.25) is 9.59 Å². The molecule has 1 heterocycles. The Labute approximate surface area is 204 Å². The van der Waals surface area contributed by atoms with Crippen LogP contribution in [0.4, 0.5) is 4.79 Å². The average Bonchev–Trinajstić information content (AvgIpc) is 2.81. The van der Waals surface area contributed by atoms with Crippen LogP contribution >= 0.6 is 0 Å². The van der Waals surface area contributed by atoms with Crippen molar-refractivity contribution in [2.45, 2.75) is 56.9 Å². The van der Waals surface area contributed by atoms with Crippen LogP contribution in [0, 0.1) is 5.92 Å². The maximum Gasteiger partial charge on any atom is 0.328 e. The number of sulfonamides is 1. The van der Waals surface area contributed by atoms with Gasteiger partial charge in [0.2, 0.25) is 0 Å². The number of rotatable bonds is 5. The van der Waals surface area contributed by atoms with Crippen molar-refractivity contribution in [3.05, 3.63) is 70.8 Å². The Hall–Kier alpha value is -3.53. The molecule has 1 aliphatic carbocycles. The lowest BCUT2D eigenvalue weighted by Gasteiger charge is -2.26.